The maximum absolute atomic E-state index is 13.0. The van der Waals surface area contributed by atoms with Crippen molar-refractivity contribution in [2.75, 3.05) is 0 Å². The molecule has 2 atom stereocenters. The lowest BCUT2D eigenvalue weighted by molar-refractivity contribution is -0.119. The van der Waals surface area contributed by atoms with Gasteiger partial charge in [0.1, 0.15) is 5.78 Å². The Morgan fingerprint density at radius 2 is 1.89 bits per heavy atom. The van der Waals surface area contributed by atoms with E-state index in [2.05, 4.69) is 62.4 Å². The van der Waals surface area contributed by atoms with Crippen LogP contribution in [0.3, 0.4) is 0 Å². The lowest BCUT2D eigenvalue weighted by atomic mass is 9.86. The zero-order chi connectivity index (χ0) is 18.8. The third kappa shape index (κ3) is 4.13. The fourth-order valence-electron chi connectivity index (χ4n) is 4.33. The molecule has 0 N–H and O–H groups in total. The van der Waals surface area contributed by atoms with Crippen LogP contribution in [0.1, 0.15) is 54.4 Å². The summed E-state index contributed by atoms with van der Waals surface area (Å²) in [5, 5.41) is 0. The van der Waals surface area contributed by atoms with Crippen molar-refractivity contribution in [1.29, 1.82) is 0 Å². The molecule has 0 amide bonds. The normalized spacial score (nSPS) is 18.5. The zero-order valence-corrected chi connectivity index (χ0v) is 16.4. The number of hydrogen-bond acceptors (Lipinski definition) is 1. The molecule has 2 aliphatic carbocycles. The Morgan fingerprint density at radius 1 is 1.07 bits per heavy atom. The number of allylic oxidation sites excluding steroid dienone is 4. The molecule has 0 heterocycles. The molecule has 2 aromatic carbocycles. The summed E-state index contributed by atoms with van der Waals surface area (Å²) in [6.45, 7) is 4.21. The summed E-state index contributed by atoms with van der Waals surface area (Å²) in [5.41, 5.74) is 7.99. The predicted octanol–water partition coefficient (Wildman–Crippen LogP) is 6.12. The molecule has 1 saturated carbocycles. The second-order valence-corrected chi connectivity index (χ2v) is 8.05. The molecule has 2 aliphatic rings. The average molecular weight is 357 g/mol. The van der Waals surface area contributed by atoms with Crippen LogP contribution in [-0.4, -0.2) is 5.78 Å². The number of ketones is 1. The highest BCUT2D eigenvalue weighted by Gasteiger charge is 2.31. The molecular weight excluding hydrogens is 328 g/mol. The van der Waals surface area contributed by atoms with Crippen LogP contribution in [0.25, 0.3) is 0 Å². The van der Waals surface area contributed by atoms with Crippen LogP contribution in [0.4, 0.5) is 0 Å². The summed E-state index contributed by atoms with van der Waals surface area (Å²) < 4.78 is 0. The Balaban J connectivity index is 1.41. The zero-order valence-electron chi connectivity index (χ0n) is 16.4. The molecular formula is C26H28O. The van der Waals surface area contributed by atoms with Crippen LogP contribution < -0.4 is 0 Å². The van der Waals surface area contributed by atoms with Crippen LogP contribution in [0.2, 0.25) is 0 Å². The largest absolute Gasteiger partial charge is 0.299 e. The SMILES string of the molecule is CCC(C(=O)Cc1cccc(CCC2=CC3CC3=C2)c1)c1ccccc1C. The minimum absolute atomic E-state index is 0.00292. The molecule has 0 radical (unpaired) electrons. The summed E-state index contributed by atoms with van der Waals surface area (Å²) in [7, 11) is 0. The van der Waals surface area contributed by atoms with Crippen molar-refractivity contribution in [1.82, 2.24) is 0 Å². The van der Waals surface area contributed by atoms with Crippen molar-refractivity contribution in [2.45, 2.75) is 51.9 Å². The van der Waals surface area contributed by atoms with Gasteiger partial charge in [0.05, 0.1) is 0 Å². The Labute approximate surface area is 162 Å². The number of rotatable bonds is 8. The number of benzene rings is 2. The standard InChI is InChI=1S/C26H28O/c1-3-24(25-10-5-4-7-18(25)2)26(27)16-20-9-6-8-19(13-20)11-12-21-14-22-17-23(22)15-21/h4-10,13-15,22,24H,3,11-12,16-17H2,1-2H3. The third-order valence-electron chi connectivity index (χ3n) is 5.99. The summed E-state index contributed by atoms with van der Waals surface area (Å²) in [5.74, 6) is 1.10. The molecule has 2 aromatic rings. The Kier molecular flexibility index (Phi) is 5.11. The van der Waals surface area contributed by atoms with E-state index in [1.165, 1.54) is 28.7 Å². The average Bonchev–Trinajstić information content (AvgIpc) is 3.28. The number of hydrogen-bond donors (Lipinski definition) is 0. The fourth-order valence-corrected chi connectivity index (χ4v) is 4.33. The number of Topliss-reactive ketones (excluding diaryl/α,β-unsaturated/α-hetero) is 1. The van der Waals surface area contributed by atoms with Gasteiger partial charge in [-0.3, -0.25) is 4.79 Å². The lowest BCUT2D eigenvalue weighted by Crippen LogP contribution is -2.15. The maximum atomic E-state index is 13.0. The highest BCUT2D eigenvalue weighted by molar-refractivity contribution is 5.88. The number of carbonyl (C=O) groups excluding carboxylic acids is 1. The van der Waals surface area contributed by atoms with Crippen molar-refractivity contribution in [3.8, 4) is 0 Å². The van der Waals surface area contributed by atoms with Crippen molar-refractivity contribution in [3.63, 3.8) is 0 Å². The van der Waals surface area contributed by atoms with Crippen LogP contribution >= 0.6 is 0 Å². The number of carbonyl (C=O) groups is 1. The Hall–Kier alpha value is -2.41. The minimum Gasteiger partial charge on any atom is -0.299 e. The van der Waals surface area contributed by atoms with E-state index >= 15 is 0 Å². The Morgan fingerprint density at radius 3 is 2.63 bits per heavy atom. The topological polar surface area (TPSA) is 17.1 Å². The molecule has 1 nitrogen and oxygen atoms in total. The maximum Gasteiger partial charge on any atom is 0.144 e. The second-order valence-electron chi connectivity index (χ2n) is 8.05. The summed E-state index contributed by atoms with van der Waals surface area (Å²) in [6.07, 6.45) is 9.64. The first-order valence-electron chi connectivity index (χ1n) is 10.2. The molecule has 1 heteroatoms. The smallest absolute Gasteiger partial charge is 0.144 e. The van der Waals surface area contributed by atoms with Gasteiger partial charge in [0.15, 0.2) is 0 Å². The molecule has 0 bridgehead atoms. The van der Waals surface area contributed by atoms with E-state index in [1.807, 2.05) is 12.1 Å². The summed E-state index contributed by atoms with van der Waals surface area (Å²) >= 11 is 0. The van der Waals surface area contributed by atoms with Gasteiger partial charge in [-0.05, 0) is 54.9 Å². The van der Waals surface area contributed by atoms with Crippen LogP contribution in [0.15, 0.2) is 71.8 Å². The third-order valence-corrected chi connectivity index (χ3v) is 5.99. The molecule has 4 rings (SSSR count). The van der Waals surface area contributed by atoms with Gasteiger partial charge in [-0.15, -0.1) is 0 Å². The molecule has 0 saturated heterocycles. The molecule has 0 aliphatic heterocycles. The summed E-state index contributed by atoms with van der Waals surface area (Å²) in [4.78, 5) is 13.0. The van der Waals surface area contributed by atoms with Crippen LogP contribution in [0.5, 0.6) is 0 Å². The molecule has 0 spiro atoms. The highest BCUT2D eigenvalue weighted by Crippen LogP contribution is 2.45. The molecule has 0 aromatic heterocycles. The first-order valence-corrected chi connectivity index (χ1v) is 10.2. The molecule has 2 unspecified atom stereocenters. The van der Waals surface area contributed by atoms with Crippen molar-refractivity contribution in [3.05, 3.63) is 94.1 Å². The highest BCUT2D eigenvalue weighted by atomic mass is 16.1. The molecule has 138 valence electrons. The van der Waals surface area contributed by atoms with Crippen LogP contribution in [0, 0.1) is 12.8 Å². The van der Waals surface area contributed by atoms with Gasteiger partial charge in [-0.1, -0.05) is 78.8 Å². The van der Waals surface area contributed by atoms with E-state index < -0.39 is 0 Å². The van der Waals surface area contributed by atoms with Gasteiger partial charge in [0.25, 0.3) is 0 Å². The van der Waals surface area contributed by atoms with Gasteiger partial charge in [-0.25, -0.2) is 0 Å². The van der Waals surface area contributed by atoms with E-state index in [9.17, 15) is 4.79 Å². The van der Waals surface area contributed by atoms with Gasteiger partial charge in [-0.2, -0.15) is 0 Å². The lowest BCUT2D eigenvalue weighted by Gasteiger charge is -2.17. The van der Waals surface area contributed by atoms with Crippen LogP contribution in [-0.2, 0) is 17.6 Å². The van der Waals surface area contributed by atoms with E-state index in [-0.39, 0.29) is 5.92 Å². The van der Waals surface area contributed by atoms with Crippen molar-refractivity contribution in [2.24, 2.45) is 5.92 Å². The van der Waals surface area contributed by atoms with E-state index in [0.29, 0.717) is 12.2 Å². The molecule has 27 heavy (non-hydrogen) atoms. The van der Waals surface area contributed by atoms with Crippen molar-refractivity contribution >= 4 is 5.78 Å². The van der Waals surface area contributed by atoms with E-state index in [0.717, 1.165) is 30.7 Å². The Bertz CT molecular complexity index is 915. The van der Waals surface area contributed by atoms with Gasteiger partial charge in [0, 0.05) is 18.3 Å². The summed E-state index contributed by atoms with van der Waals surface area (Å²) in [6, 6.07) is 16.9. The quantitative estimate of drug-likeness (QED) is 0.557. The van der Waals surface area contributed by atoms with Gasteiger partial charge >= 0.3 is 0 Å². The fraction of sp³-hybridized carbons (Fsp3) is 0.346. The van der Waals surface area contributed by atoms with E-state index in [1.54, 1.807) is 5.57 Å². The van der Waals surface area contributed by atoms with Crippen molar-refractivity contribution < 1.29 is 4.79 Å². The first kappa shape index (κ1) is 18.0. The first-order chi connectivity index (χ1) is 13.1. The second kappa shape index (κ2) is 7.68. The molecule has 1 fully saturated rings. The number of aryl methyl sites for hydroxylation is 2. The monoisotopic (exact) mass is 356 g/mol. The van der Waals surface area contributed by atoms with Gasteiger partial charge in [0.2, 0.25) is 0 Å². The predicted molar refractivity (Wildman–Crippen MR) is 112 cm³/mol. The van der Waals surface area contributed by atoms with E-state index in [4.69, 9.17) is 0 Å². The van der Waals surface area contributed by atoms with Gasteiger partial charge < -0.3 is 0 Å². The minimum atomic E-state index is -0.00292. The number of fused-ring (bicyclic) bond motifs is 1.